The number of rotatable bonds is 7. The third-order valence-electron chi connectivity index (χ3n) is 4.47. The highest BCUT2D eigenvalue weighted by molar-refractivity contribution is 7.99. The van der Waals surface area contributed by atoms with E-state index < -0.39 is 5.41 Å². The Bertz CT molecular complexity index is 793. The van der Waals surface area contributed by atoms with Crippen LogP contribution in [0.25, 0.3) is 11.4 Å². The summed E-state index contributed by atoms with van der Waals surface area (Å²) in [4.78, 5) is 12.0. The summed E-state index contributed by atoms with van der Waals surface area (Å²) in [6, 6.07) is 7.72. The van der Waals surface area contributed by atoms with Crippen LogP contribution in [0.2, 0.25) is 0 Å². The summed E-state index contributed by atoms with van der Waals surface area (Å²) in [6.45, 7) is 6.96. The zero-order chi connectivity index (χ0) is 20.1. The molecule has 1 unspecified atom stereocenters. The van der Waals surface area contributed by atoms with Crippen LogP contribution in [-0.4, -0.2) is 46.5 Å². The smallest absolute Gasteiger partial charge is 0.312 e. The standard InChI is InChI=1S/C20H27N3O4S/c1-20(2,3)18(24)27-13-28-19-22-21-17(14-7-9-15(25-4)10-8-14)23(19)12-16-6-5-11-26-16/h7-10,16H,5-6,11-13H2,1-4H3. The van der Waals surface area contributed by atoms with Crippen molar-refractivity contribution in [3.05, 3.63) is 24.3 Å². The van der Waals surface area contributed by atoms with Crippen LogP contribution >= 0.6 is 11.8 Å². The molecule has 0 saturated carbocycles. The fourth-order valence-electron chi connectivity index (χ4n) is 2.86. The lowest BCUT2D eigenvalue weighted by atomic mass is 9.98. The molecule has 1 aliphatic rings. The number of hydrogen-bond donors (Lipinski definition) is 0. The Balaban J connectivity index is 1.78. The van der Waals surface area contributed by atoms with Crippen LogP contribution in [0.1, 0.15) is 33.6 Å². The number of carbonyl (C=O) groups excluding carboxylic acids is 1. The Morgan fingerprint density at radius 1 is 1.29 bits per heavy atom. The van der Waals surface area contributed by atoms with Gasteiger partial charge in [-0.05, 0) is 69.6 Å². The molecule has 1 aliphatic heterocycles. The fraction of sp³-hybridized carbons (Fsp3) is 0.550. The topological polar surface area (TPSA) is 75.5 Å². The summed E-state index contributed by atoms with van der Waals surface area (Å²) < 4.78 is 18.5. The number of methoxy groups -OCH3 is 1. The molecule has 2 aromatic rings. The number of esters is 1. The molecule has 28 heavy (non-hydrogen) atoms. The van der Waals surface area contributed by atoms with E-state index in [1.165, 1.54) is 11.8 Å². The Kier molecular flexibility index (Phi) is 6.61. The second kappa shape index (κ2) is 8.96. The molecule has 1 saturated heterocycles. The van der Waals surface area contributed by atoms with Crippen LogP contribution in [0, 0.1) is 5.41 Å². The van der Waals surface area contributed by atoms with Crippen LogP contribution in [0.3, 0.4) is 0 Å². The van der Waals surface area contributed by atoms with Crippen molar-refractivity contribution < 1.29 is 19.0 Å². The fourth-order valence-corrected chi connectivity index (χ4v) is 3.54. The molecular formula is C20H27N3O4S. The van der Waals surface area contributed by atoms with E-state index in [0.29, 0.717) is 11.7 Å². The normalized spacial score (nSPS) is 16.9. The van der Waals surface area contributed by atoms with E-state index in [9.17, 15) is 4.79 Å². The minimum atomic E-state index is -0.528. The molecule has 0 spiro atoms. The van der Waals surface area contributed by atoms with Gasteiger partial charge in [0.05, 0.1) is 25.2 Å². The first-order valence-electron chi connectivity index (χ1n) is 9.37. The molecule has 0 radical (unpaired) electrons. The van der Waals surface area contributed by atoms with Gasteiger partial charge in [0, 0.05) is 12.2 Å². The predicted molar refractivity (Wildman–Crippen MR) is 107 cm³/mol. The monoisotopic (exact) mass is 405 g/mol. The average Bonchev–Trinajstić information content (AvgIpc) is 3.32. The quantitative estimate of drug-likeness (QED) is 0.394. The number of nitrogens with zero attached hydrogens (tertiary/aromatic N) is 3. The molecule has 2 heterocycles. The third-order valence-corrected chi connectivity index (χ3v) is 5.26. The number of carbonyl (C=O) groups is 1. The van der Waals surface area contributed by atoms with E-state index in [1.807, 2.05) is 49.6 Å². The van der Waals surface area contributed by atoms with Gasteiger partial charge in [0.15, 0.2) is 11.0 Å². The van der Waals surface area contributed by atoms with Gasteiger partial charge in [-0.1, -0.05) is 0 Å². The molecule has 1 fully saturated rings. The average molecular weight is 406 g/mol. The predicted octanol–water partition coefficient (Wildman–Crippen LogP) is 3.77. The number of benzene rings is 1. The highest BCUT2D eigenvalue weighted by atomic mass is 32.2. The molecule has 1 atom stereocenters. The van der Waals surface area contributed by atoms with Gasteiger partial charge >= 0.3 is 5.97 Å². The summed E-state index contributed by atoms with van der Waals surface area (Å²) >= 11 is 1.36. The number of thioether (sulfide) groups is 1. The number of hydrogen-bond acceptors (Lipinski definition) is 7. The number of ether oxygens (including phenoxy) is 3. The second-order valence-corrected chi connectivity index (χ2v) is 8.61. The maximum atomic E-state index is 12.0. The van der Waals surface area contributed by atoms with Crippen molar-refractivity contribution in [1.29, 1.82) is 0 Å². The Labute approximate surface area is 169 Å². The van der Waals surface area contributed by atoms with Gasteiger partial charge in [-0.25, -0.2) is 0 Å². The molecule has 0 bridgehead atoms. The second-order valence-electron chi connectivity index (χ2n) is 7.72. The zero-order valence-electron chi connectivity index (χ0n) is 16.8. The van der Waals surface area contributed by atoms with Gasteiger partial charge in [0.25, 0.3) is 0 Å². The van der Waals surface area contributed by atoms with E-state index in [1.54, 1.807) is 7.11 Å². The van der Waals surface area contributed by atoms with Gasteiger partial charge < -0.3 is 14.2 Å². The van der Waals surface area contributed by atoms with Gasteiger partial charge in [-0.2, -0.15) is 0 Å². The van der Waals surface area contributed by atoms with E-state index in [0.717, 1.165) is 36.6 Å². The molecule has 7 nitrogen and oxygen atoms in total. The van der Waals surface area contributed by atoms with Gasteiger partial charge in [0.1, 0.15) is 11.7 Å². The van der Waals surface area contributed by atoms with Gasteiger partial charge in [-0.15, -0.1) is 10.2 Å². The van der Waals surface area contributed by atoms with E-state index in [2.05, 4.69) is 10.2 Å². The van der Waals surface area contributed by atoms with E-state index in [-0.39, 0.29) is 18.0 Å². The molecule has 0 N–H and O–H groups in total. The third kappa shape index (κ3) is 5.05. The maximum absolute atomic E-state index is 12.0. The Morgan fingerprint density at radius 3 is 2.64 bits per heavy atom. The van der Waals surface area contributed by atoms with E-state index >= 15 is 0 Å². The Hall–Kier alpha value is -2.06. The van der Waals surface area contributed by atoms with Crippen LogP contribution in [0.4, 0.5) is 0 Å². The molecule has 152 valence electrons. The maximum Gasteiger partial charge on any atom is 0.312 e. The molecule has 8 heteroatoms. The number of aromatic nitrogens is 3. The Morgan fingerprint density at radius 2 is 2.04 bits per heavy atom. The molecule has 0 amide bonds. The SMILES string of the molecule is COc1ccc(-c2nnc(SCOC(=O)C(C)(C)C)n2CC2CCCO2)cc1. The van der Waals surface area contributed by atoms with Crippen LogP contribution in [0.15, 0.2) is 29.4 Å². The lowest BCUT2D eigenvalue weighted by molar-refractivity contribution is -0.150. The van der Waals surface area contributed by atoms with Gasteiger partial charge in [0.2, 0.25) is 0 Å². The zero-order valence-corrected chi connectivity index (χ0v) is 17.6. The minimum absolute atomic E-state index is 0.143. The molecule has 1 aromatic carbocycles. The first-order valence-corrected chi connectivity index (χ1v) is 10.4. The first-order chi connectivity index (χ1) is 13.4. The van der Waals surface area contributed by atoms with Crippen molar-refractivity contribution in [2.45, 2.75) is 51.4 Å². The van der Waals surface area contributed by atoms with Crippen LogP contribution in [0.5, 0.6) is 5.75 Å². The van der Waals surface area contributed by atoms with Crippen molar-refractivity contribution in [3.8, 4) is 17.1 Å². The summed E-state index contributed by atoms with van der Waals surface area (Å²) in [5, 5.41) is 9.43. The minimum Gasteiger partial charge on any atom is -0.497 e. The first kappa shape index (κ1) is 20.7. The van der Waals surface area contributed by atoms with Crippen molar-refractivity contribution in [1.82, 2.24) is 14.8 Å². The molecule has 1 aromatic heterocycles. The lowest BCUT2D eigenvalue weighted by Crippen LogP contribution is -2.23. The largest absolute Gasteiger partial charge is 0.497 e. The van der Waals surface area contributed by atoms with Crippen molar-refractivity contribution in [2.24, 2.45) is 5.41 Å². The molecular weight excluding hydrogens is 378 g/mol. The molecule has 3 rings (SSSR count). The van der Waals surface area contributed by atoms with Crippen molar-refractivity contribution in [3.63, 3.8) is 0 Å². The van der Waals surface area contributed by atoms with Crippen molar-refractivity contribution in [2.75, 3.05) is 19.7 Å². The summed E-state index contributed by atoms with van der Waals surface area (Å²) in [6.07, 6.45) is 2.23. The molecule has 0 aliphatic carbocycles. The highest BCUT2D eigenvalue weighted by Gasteiger charge is 2.25. The summed E-state index contributed by atoms with van der Waals surface area (Å²) in [5.41, 5.74) is 0.421. The van der Waals surface area contributed by atoms with Crippen molar-refractivity contribution >= 4 is 17.7 Å². The summed E-state index contributed by atoms with van der Waals surface area (Å²) in [7, 11) is 1.64. The van der Waals surface area contributed by atoms with Crippen LogP contribution < -0.4 is 4.74 Å². The van der Waals surface area contributed by atoms with Gasteiger partial charge in [-0.3, -0.25) is 9.36 Å². The summed E-state index contributed by atoms with van der Waals surface area (Å²) in [5.74, 6) is 1.52. The van der Waals surface area contributed by atoms with E-state index in [4.69, 9.17) is 14.2 Å². The highest BCUT2D eigenvalue weighted by Crippen LogP contribution is 2.28. The lowest BCUT2D eigenvalue weighted by Gasteiger charge is -2.17. The van der Waals surface area contributed by atoms with Crippen LogP contribution in [-0.2, 0) is 20.8 Å².